The Bertz CT molecular complexity index is 1770. The number of hydrogen-bond donors (Lipinski definition) is 0. The van der Waals surface area contributed by atoms with E-state index < -0.39 is 10.0 Å². The van der Waals surface area contributed by atoms with Crippen molar-refractivity contribution in [1.29, 1.82) is 0 Å². The normalized spacial score (nSPS) is 17.6. The zero-order valence-electron chi connectivity index (χ0n) is 23.9. The van der Waals surface area contributed by atoms with Crippen LogP contribution in [-0.4, -0.2) is 59.2 Å². The number of benzene rings is 3. The molecule has 10 heteroatoms. The maximum absolute atomic E-state index is 13.3. The molecule has 2 aliphatic heterocycles. The molecule has 8 nitrogen and oxygen atoms in total. The fraction of sp³-hybridized carbons (Fsp3) is 0.281. The molecule has 1 fully saturated rings. The van der Waals surface area contributed by atoms with E-state index in [1.54, 1.807) is 24.3 Å². The number of rotatable bonds is 8. The molecule has 0 bridgehead atoms. The highest BCUT2D eigenvalue weighted by Gasteiger charge is 2.38. The average Bonchev–Trinajstić information content (AvgIpc) is 3.73. The Kier molecular flexibility index (Phi) is 7.55. The van der Waals surface area contributed by atoms with Gasteiger partial charge >= 0.3 is 0 Å². The molecular weight excluding hydrogens is 567 g/mol. The van der Waals surface area contributed by atoms with Crippen molar-refractivity contribution in [1.82, 2.24) is 19.1 Å². The third-order valence-electron chi connectivity index (χ3n) is 8.02. The van der Waals surface area contributed by atoms with Crippen molar-refractivity contribution in [2.75, 3.05) is 30.8 Å². The third-order valence-corrected chi connectivity index (χ3v) is 10.9. The molecule has 0 spiro atoms. The Morgan fingerprint density at radius 3 is 2.40 bits per heavy atom. The minimum absolute atomic E-state index is 0.0226. The number of carbonyl (C=O) groups is 1. The smallest absolute Gasteiger partial charge is 0.243 e. The second-order valence-electron chi connectivity index (χ2n) is 11.1. The lowest BCUT2D eigenvalue weighted by molar-refractivity contribution is -0.112. The molecule has 42 heavy (non-hydrogen) atoms. The summed E-state index contributed by atoms with van der Waals surface area (Å²) in [5.74, 6) is 0.670. The number of allylic oxidation sites excluding steroid dienone is 2. The number of hydrogen-bond acceptors (Lipinski definition) is 7. The zero-order chi connectivity index (χ0) is 29.5. The molecule has 3 heterocycles. The summed E-state index contributed by atoms with van der Waals surface area (Å²) in [6, 6.07) is 24.8. The molecule has 1 saturated heterocycles. The first-order valence-corrected chi connectivity index (χ1v) is 16.4. The van der Waals surface area contributed by atoms with E-state index in [1.165, 1.54) is 21.6 Å². The van der Waals surface area contributed by atoms with E-state index in [9.17, 15) is 13.2 Å². The van der Waals surface area contributed by atoms with Gasteiger partial charge in [-0.05, 0) is 48.7 Å². The monoisotopic (exact) mass is 599 g/mol. The van der Waals surface area contributed by atoms with Crippen LogP contribution < -0.4 is 4.90 Å². The lowest BCUT2D eigenvalue weighted by Gasteiger charge is -2.23. The molecule has 0 atom stereocenters. The van der Waals surface area contributed by atoms with Crippen LogP contribution in [0.3, 0.4) is 0 Å². The van der Waals surface area contributed by atoms with Crippen LogP contribution in [0, 0.1) is 0 Å². The fourth-order valence-electron chi connectivity index (χ4n) is 5.82. The third kappa shape index (κ3) is 5.08. The fourth-order valence-corrected chi connectivity index (χ4v) is 8.16. The molecular formula is C32H33N5O3S2. The van der Waals surface area contributed by atoms with Crippen LogP contribution in [0.2, 0.25) is 0 Å². The maximum atomic E-state index is 13.3. The van der Waals surface area contributed by atoms with Gasteiger partial charge in [0.1, 0.15) is 0 Å². The first-order valence-electron chi connectivity index (χ1n) is 14.0. The van der Waals surface area contributed by atoms with Crippen LogP contribution in [-0.2, 0) is 20.2 Å². The summed E-state index contributed by atoms with van der Waals surface area (Å²) in [7, 11) is -1.60. The molecule has 216 valence electrons. The van der Waals surface area contributed by atoms with Crippen molar-refractivity contribution in [3.8, 4) is 17.1 Å². The van der Waals surface area contributed by atoms with Crippen molar-refractivity contribution in [2.24, 2.45) is 0 Å². The van der Waals surface area contributed by atoms with E-state index in [-0.39, 0.29) is 21.8 Å². The molecule has 4 aromatic rings. The minimum Gasteiger partial charge on any atom is -0.347 e. The molecule has 3 aromatic carbocycles. The van der Waals surface area contributed by atoms with Gasteiger partial charge < -0.3 is 4.90 Å². The van der Waals surface area contributed by atoms with Crippen molar-refractivity contribution < 1.29 is 13.2 Å². The summed E-state index contributed by atoms with van der Waals surface area (Å²) in [6.45, 7) is 5.35. The highest BCUT2D eigenvalue weighted by Crippen LogP contribution is 2.46. The highest BCUT2D eigenvalue weighted by molar-refractivity contribution is 7.99. The molecule has 2 aliphatic rings. The van der Waals surface area contributed by atoms with E-state index in [1.807, 2.05) is 60.1 Å². The summed E-state index contributed by atoms with van der Waals surface area (Å²) in [5, 5.41) is 9.48. The molecule has 0 aliphatic carbocycles. The number of carbonyl (C=O) groups excluding carboxylic acids is 1. The van der Waals surface area contributed by atoms with Crippen LogP contribution in [0.15, 0.2) is 101 Å². The Morgan fingerprint density at radius 1 is 0.952 bits per heavy atom. The number of ketones is 1. The summed E-state index contributed by atoms with van der Waals surface area (Å²) in [6.07, 6.45) is 3.49. The zero-order valence-corrected chi connectivity index (χ0v) is 25.5. The van der Waals surface area contributed by atoms with E-state index in [0.717, 1.165) is 29.9 Å². The van der Waals surface area contributed by atoms with Gasteiger partial charge in [-0.25, -0.2) is 8.42 Å². The molecule has 0 saturated carbocycles. The predicted molar refractivity (Wildman–Crippen MR) is 166 cm³/mol. The van der Waals surface area contributed by atoms with E-state index in [2.05, 4.69) is 41.1 Å². The van der Waals surface area contributed by atoms with Gasteiger partial charge in [-0.15, -0.1) is 10.2 Å². The van der Waals surface area contributed by atoms with Crippen molar-refractivity contribution in [2.45, 2.75) is 42.2 Å². The van der Waals surface area contributed by atoms with Gasteiger partial charge in [0.05, 0.1) is 10.6 Å². The minimum atomic E-state index is -3.59. The number of sulfonamides is 1. The molecule has 0 N–H and O–H groups in total. The van der Waals surface area contributed by atoms with Crippen molar-refractivity contribution in [3.05, 3.63) is 96.2 Å². The quantitative estimate of drug-likeness (QED) is 0.190. The van der Waals surface area contributed by atoms with Gasteiger partial charge in [0.2, 0.25) is 10.0 Å². The van der Waals surface area contributed by atoms with Crippen LogP contribution in [0.25, 0.3) is 17.1 Å². The van der Waals surface area contributed by atoms with Gasteiger partial charge in [-0.2, -0.15) is 4.31 Å². The number of thioether (sulfide) groups is 1. The van der Waals surface area contributed by atoms with E-state index in [0.29, 0.717) is 29.6 Å². The average molecular weight is 600 g/mol. The second-order valence-corrected chi connectivity index (χ2v) is 14.0. The Hall–Kier alpha value is -3.73. The standard InChI is InChI=1S/C32H33N5O3S2/c1-32(2)27-16-7-8-17-28(27)35(3)29(32)21-25(38)22-41-31-34-33-30(37(31)24-13-5-4-6-14-24)23-12-11-15-26(20-23)42(39,40)36-18-9-10-19-36/h4-8,11-17,20-21H,9-10,18-19,22H2,1-3H3. The van der Waals surface area contributed by atoms with Gasteiger partial charge in [-0.1, -0.05) is 74.1 Å². The summed E-state index contributed by atoms with van der Waals surface area (Å²) in [4.78, 5) is 15.6. The number of fused-ring (bicyclic) bond motifs is 1. The Morgan fingerprint density at radius 2 is 1.67 bits per heavy atom. The number of likely N-dealkylation sites (N-methyl/N-ethyl adjacent to an activating group) is 1. The van der Waals surface area contributed by atoms with Crippen molar-refractivity contribution >= 4 is 33.3 Å². The first-order chi connectivity index (χ1) is 20.2. The first kappa shape index (κ1) is 28.4. The van der Waals surface area contributed by atoms with Crippen LogP contribution in [0.1, 0.15) is 32.3 Å². The molecule has 1 aromatic heterocycles. The van der Waals surface area contributed by atoms with E-state index >= 15 is 0 Å². The van der Waals surface area contributed by atoms with Gasteiger partial charge in [0.25, 0.3) is 0 Å². The van der Waals surface area contributed by atoms with Gasteiger partial charge in [-0.3, -0.25) is 9.36 Å². The maximum Gasteiger partial charge on any atom is 0.243 e. The lowest BCUT2D eigenvalue weighted by atomic mass is 9.83. The van der Waals surface area contributed by atoms with Gasteiger partial charge in [0.15, 0.2) is 16.8 Å². The Labute approximate surface area is 251 Å². The van der Waals surface area contributed by atoms with Gasteiger partial charge in [0, 0.05) is 54.3 Å². The number of para-hydroxylation sites is 2. The number of anilines is 1. The van der Waals surface area contributed by atoms with E-state index in [4.69, 9.17) is 0 Å². The molecule has 6 rings (SSSR count). The summed E-state index contributed by atoms with van der Waals surface area (Å²) < 4.78 is 30.0. The number of nitrogens with zero attached hydrogens (tertiary/aromatic N) is 5. The predicted octanol–water partition coefficient (Wildman–Crippen LogP) is 5.69. The Balaban J connectivity index is 1.30. The molecule has 0 unspecified atom stereocenters. The lowest BCUT2D eigenvalue weighted by Crippen LogP contribution is -2.27. The van der Waals surface area contributed by atoms with Crippen molar-refractivity contribution in [3.63, 3.8) is 0 Å². The van der Waals surface area contributed by atoms with Crippen LogP contribution in [0.4, 0.5) is 5.69 Å². The largest absolute Gasteiger partial charge is 0.347 e. The summed E-state index contributed by atoms with van der Waals surface area (Å²) >= 11 is 1.31. The molecule has 0 radical (unpaired) electrons. The van der Waals surface area contributed by atoms with Crippen LogP contribution >= 0.6 is 11.8 Å². The topological polar surface area (TPSA) is 88.4 Å². The van der Waals surface area contributed by atoms with Crippen LogP contribution in [0.5, 0.6) is 0 Å². The highest BCUT2D eigenvalue weighted by atomic mass is 32.2. The number of aromatic nitrogens is 3. The summed E-state index contributed by atoms with van der Waals surface area (Å²) in [5.41, 5.74) is 4.43. The molecule has 0 amide bonds. The SMILES string of the molecule is CN1C(=CC(=O)CSc2nnc(-c3cccc(S(=O)(=O)N4CCCC4)c3)n2-c2ccccc2)C(C)(C)c2ccccc21. The second kappa shape index (κ2) is 11.2.